The van der Waals surface area contributed by atoms with Gasteiger partial charge in [-0.2, -0.15) is 0 Å². The Balaban J connectivity index is 2.23. The van der Waals surface area contributed by atoms with Crippen molar-refractivity contribution in [2.24, 2.45) is 0 Å². The summed E-state index contributed by atoms with van der Waals surface area (Å²) in [5, 5.41) is 3.58. The molecule has 0 aliphatic heterocycles. The SMILES string of the molecule is CCC(Nc1cc(OC)ccc1Br)c1ccc(C)cc1. The number of rotatable bonds is 5. The van der Waals surface area contributed by atoms with E-state index in [1.165, 1.54) is 11.1 Å². The minimum atomic E-state index is 0.291. The van der Waals surface area contributed by atoms with Crippen LogP contribution in [0.15, 0.2) is 46.9 Å². The number of benzene rings is 2. The summed E-state index contributed by atoms with van der Waals surface area (Å²) >= 11 is 3.58. The number of methoxy groups -OCH3 is 1. The number of hydrogen-bond donors (Lipinski definition) is 1. The van der Waals surface area contributed by atoms with Crippen molar-refractivity contribution < 1.29 is 4.74 Å². The maximum atomic E-state index is 5.29. The molecule has 0 aliphatic carbocycles. The molecule has 3 heteroatoms. The van der Waals surface area contributed by atoms with E-state index < -0.39 is 0 Å². The van der Waals surface area contributed by atoms with Crippen LogP contribution in [0.2, 0.25) is 0 Å². The normalized spacial score (nSPS) is 12.0. The molecule has 0 saturated carbocycles. The van der Waals surface area contributed by atoms with Crippen LogP contribution in [0.1, 0.15) is 30.5 Å². The largest absolute Gasteiger partial charge is 0.497 e. The van der Waals surface area contributed by atoms with Gasteiger partial charge in [0.1, 0.15) is 5.75 Å². The first-order valence-electron chi connectivity index (χ1n) is 6.80. The third kappa shape index (κ3) is 3.54. The highest BCUT2D eigenvalue weighted by Gasteiger charge is 2.11. The molecule has 0 amide bonds. The maximum Gasteiger partial charge on any atom is 0.121 e. The van der Waals surface area contributed by atoms with Crippen molar-refractivity contribution in [1.29, 1.82) is 0 Å². The van der Waals surface area contributed by atoms with Gasteiger partial charge in [0.05, 0.1) is 18.8 Å². The Morgan fingerprint density at radius 2 is 1.85 bits per heavy atom. The first kappa shape index (κ1) is 14.9. The molecule has 0 saturated heterocycles. The van der Waals surface area contributed by atoms with Crippen LogP contribution in [-0.2, 0) is 0 Å². The van der Waals surface area contributed by atoms with E-state index in [4.69, 9.17) is 4.74 Å². The fourth-order valence-electron chi connectivity index (χ4n) is 2.15. The van der Waals surface area contributed by atoms with E-state index in [-0.39, 0.29) is 0 Å². The number of ether oxygens (including phenoxy) is 1. The molecule has 2 rings (SSSR count). The molecule has 2 aromatic carbocycles. The Morgan fingerprint density at radius 1 is 1.15 bits per heavy atom. The molecule has 0 radical (unpaired) electrons. The van der Waals surface area contributed by atoms with Crippen molar-refractivity contribution in [3.63, 3.8) is 0 Å². The van der Waals surface area contributed by atoms with Gasteiger partial charge in [-0.15, -0.1) is 0 Å². The van der Waals surface area contributed by atoms with E-state index in [1.807, 2.05) is 18.2 Å². The van der Waals surface area contributed by atoms with Crippen molar-refractivity contribution in [2.75, 3.05) is 12.4 Å². The van der Waals surface area contributed by atoms with Gasteiger partial charge in [0.15, 0.2) is 0 Å². The van der Waals surface area contributed by atoms with E-state index >= 15 is 0 Å². The highest BCUT2D eigenvalue weighted by molar-refractivity contribution is 9.10. The lowest BCUT2D eigenvalue weighted by Gasteiger charge is -2.20. The molecule has 0 heterocycles. The molecular formula is C17H20BrNO. The summed E-state index contributed by atoms with van der Waals surface area (Å²) in [7, 11) is 1.68. The van der Waals surface area contributed by atoms with E-state index in [2.05, 4.69) is 59.4 Å². The molecule has 0 aromatic heterocycles. The summed E-state index contributed by atoms with van der Waals surface area (Å²) in [6.07, 6.45) is 1.02. The Morgan fingerprint density at radius 3 is 2.45 bits per heavy atom. The first-order valence-corrected chi connectivity index (χ1v) is 7.60. The molecule has 0 bridgehead atoms. The zero-order valence-corrected chi connectivity index (χ0v) is 13.7. The lowest BCUT2D eigenvalue weighted by molar-refractivity contribution is 0.415. The van der Waals surface area contributed by atoms with Crippen LogP contribution >= 0.6 is 15.9 Å². The van der Waals surface area contributed by atoms with Crippen LogP contribution in [-0.4, -0.2) is 7.11 Å². The Bertz CT molecular complexity index is 566. The second-order valence-electron chi connectivity index (χ2n) is 4.86. The van der Waals surface area contributed by atoms with E-state index in [0.29, 0.717) is 6.04 Å². The second-order valence-corrected chi connectivity index (χ2v) is 5.72. The van der Waals surface area contributed by atoms with E-state index in [1.54, 1.807) is 7.11 Å². The lowest BCUT2D eigenvalue weighted by atomic mass is 10.0. The highest BCUT2D eigenvalue weighted by atomic mass is 79.9. The van der Waals surface area contributed by atoms with Crippen LogP contribution in [0.3, 0.4) is 0 Å². The molecule has 106 valence electrons. The van der Waals surface area contributed by atoms with Gasteiger partial charge in [0, 0.05) is 10.5 Å². The molecule has 1 unspecified atom stereocenters. The Hall–Kier alpha value is -1.48. The third-order valence-electron chi connectivity index (χ3n) is 3.39. The van der Waals surface area contributed by atoms with Crippen molar-refractivity contribution in [3.05, 3.63) is 58.1 Å². The number of nitrogens with one attached hydrogen (secondary N) is 1. The summed E-state index contributed by atoms with van der Waals surface area (Å²) in [5.41, 5.74) is 3.63. The minimum Gasteiger partial charge on any atom is -0.497 e. The van der Waals surface area contributed by atoms with Crippen LogP contribution < -0.4 is 10.1 Å². The fraction of sp³-hybridized carbons (Fsp3) is 0.294. The van der Waals surface area contributed by atoms with Crippen molar-refractivity contribution in [3.8, 4) is 5.75 Å². The maximum absolute atomic E-state index is 5.29. The van der Waals surface area contributed by atoms with Crippen LogP contribution in [0.25, 0.3) is 0 Å². The minimum absolute atomic E-state index is 0.291. The lowest BCUT2D eigenvalue weighted by Crippen LogP contribution is -2.10. The van der Waals surface area contributed by atoms with Gasteiger partial charge >= 0.3 is 0 Å². The van der Waals surface area contributed by atoms with E-state index in [9.17, 15) is 0 Å². The summed E-state index contributed by atoms with van der Waals surface area (Å²) in [5.74, 6) is 0.856. The van der Waals surface area contributed by atoms with Crippen LogP contribution in [0.5, 0.6) is 5.75 Å². The van der Waals surface area contributed by atoms with Crippen molar-refractivity contribution >= 4 is 21.6 Å². The van der Waals surface area contributed by atoms with Gasteiger partial charge in [-0.05, 0) is 47.0 Å². The predicted octanol–water partition coefficient (Wildman–Crippen LogP) is 5.33. The molecule has 1 atom stereocenters. The number of anilines is 1. The van der Waals surface area contributed by atoms with Crippen molar-refractivity contribution in [1.82, 2.24) is 0 Å². The molecular weight excluding hydrogens is 314 g/mol. The van der Waals surface area contributed by atoms with Gasteiger partial charge in [-0.1, -0.05) is 36.8 Å². The molecule has 0 fully saturated rings. The van der Waals surface area contributed by atoms with E-state index in [0.717, 1.165) is 22.3 Å². The smallest absolute Gasteiger partial charge is 0.121 e. The molecule has 2 nitrogen and oxygen atoms in total. The number of halogens is 1. The molecule has 20 heavy (non-hydrogen) atoms. The van der Waals surface area contributed by atoms with Crippen LogP contribution in [0.4, 0.5) is 5.69 Å². The topological polar surface area (TPSA) is 21.3 Å². The number of aryl methyl sites for hydroxylation is 1. The highest BCUT2D eigenvalue weighted by Crippen LogP contribution is 2.31. The Labute approximate surface area is 129 Å². The standard InChI is InChI=1S/C17H20BrNO/c1-4-16(13-7-5-12(2)6-8-13)19-17-11-14(20-3)9-10-15(17)18/h5-11,16,19H,4H2,1-3H3. The quantitative estimate of drug-likeness (QED) is 0.798. The molecule has 0 spiro atoms. The zero-order valence-electron chi connectivity index (χ0n) is 12.1. The van der Waals surface area contributed by atoms with Crippen LogP contribution in [0, 0.1) is 6.92 Å². The monoisotopic (exact) mass is 333 g/mol. The van der Waals surface area contributed by atoms with Gasteiger partial charge in [-0.25, -0.2) is 0 Å². The third-order valence-corrected chi connectivity index (χ3v) is 4.08. The second kappa shape index (κ2) is 6.80. The Kier molecular flexibility index (Phi) is 5.07. The molecule has 0 aliphatic rings. The summed E-state index contributed by atoms with van der Waals surface area (Å²) in [4.78, 5) is 0. The number of hydrogen-bond acceptors (Lipinski definition) is 2. The average molecular weight is 334 g/mol. The van der Waals surface area contributed by atoms with Gasteiger partial charge < -0.3 is 10.1 Å². The molecule has 1 N–H and O–H groups in total. The van der Waals surface area contributed by atoms with Gasteiger partial charge in [-0.3, -0.25) is 0 Å². The predicted molar refractivity (Wildman–Crippen MR) is 88.5 cm³/mol. The fourth-order valence-corrected chi connectivity index (χ4v) is 2.51. The van der Waals surface area contributed by atoms with Gasteiger partial charge in [0.2, 0.25) is 0 Å². The first-order chi connectivity index (χ1) is 9.63. The van der Waals surface area contributed by atoms with Crippen molar-refractivity contribution in [2.45, 2.75) is 26.3 Å². The summed E-state index contributed by atoms with van der Waals surface area (Å²) < 4.78 is 6.33. The summed E-state index contributed by atoms with van der Waals surface area (Å²) in [6.45, 7) is 4.29. The van der Waals surface area contributed by atoms with Gasteiger partial charge in [0.25, 0.3) is 0 Å². The summed E-state index contributed by atoms with van der Waals surface area (Å²) in [6, 6.07) is 14.9. The molecule has 2 aromatic rings. The zero-order chi connectivity index (χ0) is 14.5. The average Bonchev–Trinajstić information content (AvgIpc) is 2.47.